The number of rotatable bonds is 7. The normalized spacial score (nSPS) is 14.8. The summed E-state index contributed by atoms with van der Waals surface area (Å²) in [6.07, 6.45) is 2.73. The van der Waals surface area contributed by atoms with E-state index in [1.165, 1.54) is 16.4 Å². The third kappa shape index (κ3) is 5.17. The minimum absolute atomic E-state index is 0.153. The molecule has 3 N–H and O–H groups in total. The van der Waals surface area contributed by atoms with Crippen molar-refractivity contribution in [3.63, 3.8) is 0 Å². The second kappa shape index (κ2) is 9.27. The smallest absolute Gasteiger partial charge is 0.262 e. The number of primary amides is 1. The zero-order valence-corrected chi connectivity index (χ0v) is 17.6. The quantitative estimate of drug-likeness (QED) is 0.697. The molecule has 1 aliphatic rings. The molecule has 0 radical (unpaired) electrons. The summed E-state index contributed by atoms with van der Waals surface area (Å²) >= 11 is 0. The van der Waals surface area contributed by atoms with Crippen LogP contribution in [0.25, 0.3) is 0 Å². The maximum atomic E-state index is 12.9. The molecule has 160 valence electrons. The van der Waals surface area contributed by atoms with E-state index in [1.807, 2.05) is 0 Å². The van der Waals surface area contributed by atoms with Crippen LogP contribution in [0.5, 0.6) is 5.75 Å². The van der Waals surface area contributed by atoms with Gasteiger partial charge in [0.25, 0.3) is 5.91 Å². The molecule has 0 bridgehead atoms. The Bertz CT molecular complexity index is 1050. The van der Waals surface area contributed by atoms with E-state index in [0.717, 1.165) is 24.8 Å². The van der Waals surface area contributed by atoms with E-state index in [9.17, 15) is 18.0 Å². The predicted molar refractivity (Wildman–Crippen MR) is 113 cm³/mol. The number of nitrogens with one attached hydrogen (secondary N) is 1. The van der Waals surface area contributed by atoms with Crippen molar-refractivity contribution in [3.8, 4) is 5.75 Å². The van der Waals surface area contributed by atoms with Crippen LogP contribution < -0.4 is 15.8 Å². The van der Waals surface area contributed by atoms with Crippen molar-refractivity contribution in [2.75, 3.05) is 25.0 Å². The summed E-state index contributed by atoms with van der Waals surface area (Å²) in [4.78, 5) is 23.7. The standard InChI is InChI=1S/C21H25N3O5S/c1-15-8-9-18(30(27,28)24-10-3-2-4-11-24)13-19(15)23-20(25)14-29-17-7-5-6-16(12-17)21(22)26/h5-9,12-13H,2-4,10-11,14H2,1H3,(H2,22,26)(H,23,25). The summed E-state index contributed by atoms with van der Waals surface area (Å²) < 4.78 is 32.7. The Kier molecular flexibility index (Phi) is 6.73. The fourth-order valence-corrected chi connectivity index (χ4v) is 4.77. The molecule has 1 heterocycles. The molecule has 2 aromatic rings. The Morgan fingerprint density at radius 3 is 2.53 bits per heavy atom. The molecular formula is C21H25N3O5S. The molecule has 0 saturated carbocycles. The molecule has 30 heavy (non-hydrogen) atoms. The third-order valence-electron chi connectivity index (χ3n) is 4.92. The van der Waals surface area contributed by atoms with Crippen LogP contribution >= 0.6 is 0 Å². The number of hydrogen-bond donors (Lipinski definition) is 2. The van der Waals surface area contributed by atoms with Crippen LogP contribution in [0.4, 0.5) is 5.69 Å². The highest BCUT2D eigenvalue weighted by Gasteiger charge is 2.26. The summed E-state index contributed by atoms with van der Waals surface area (Å²) in [6.45, 7) is 2.50. The Morgan fingerprint density at radius 2 is 1.83 bits per heavy atom. The molecule has 2 amide bonds. The fraction of sp³-hybridized carbons (Fsp3) is 0.333. The number of hydrogen-bond acceptors (Lipinski definition) is 5. The van der Waals surface area contributed by atoms with Gasteiger partial charge in [-0.3, -0.25) is 9.59 Å². The molecular weight excluding hydrogens is 406 g/mol. The molecule has 0 unspecified atom stereocenters. The Hall–Kier alpha value is -2.91. The van der Waals surface area contributed by atoms with Crippen molar-refractivity contribution in [1.82, 2.24) is 4.31 Å². The lowest BCUT2D eigenvalue weighted by Crippen LogP contribution is -2.35. The van der Waals surface area contributed by atoms with Crippen LogP contribution in [0.2, 0.25) is 0 Å². The first-order valence-electron chi connectivity index (χ1n) is 9.71. The Balaban J connectivity index is 1.68. The van der Waals surface area contributed by atoms with Crippen molar-refractivity contribution in [1.29, 1.82) is 0 Å². The highest BCUT2D eigenvalue weighted by molar-refractivity contribution is 7.89. The zero-order chi connectivity index (χ0) is 21.7. The van der Waals surface area contributed by atoms with E-state index < -0.39 is 21.8 Å². The van der Waals surface area contributed by atoms with Gasteiger partial charge in [-0.1, -0.05) is 18.6 Å². The average molecular weight is 432 g/mol. The molecule has 0 aromatic heterocycles. The molecule has 3 rings (SSSR count). The van der Waals surface area contributed by atoms with Crippen molar-refractivity contribution >= 4 is 27.5 Å². The van der Waals surface area contributed by atoms with Gasteiger partial charge in [-0.05, 0) is 55.7 Å². The summed E-state index contributed by atoms with van der Waals surface area (Å²) in [5, 5.41) is 2.69. The largest absolute Gasteiger partial charge is 0.484 e. The average Bonchev–Trinajstić information content (AvgIpc) is 2.74. The summed E-state index contributed by atoms with van der Waals surface area (Å²) in [7, 11) is -3.60. The first kappa shape index (κ1) is 21.8. The lowest BCUT2D eigenvalue weighted by molar-refractivity contribution is -0.118. The highest BCUT2D eigenvalue weighted by atomic mass is 32.2. The number of benzene rings is 2. The van der Waals surface area contributed by atoms with Crippen LogP contribution in [0.15, 0.2) is 47.4 Å². The van der Waals surface area contributed by atoms with Gasteiger partial charge in [0.1, 0.15) is 5.75 Å². The molecule has 1 aliphatic heterocycles. The SMILES string of the molecule is Cc1ccc(S(=O)(=O)N2CCCCC2)cc1NC(=O)COc1cccc(C(N)=O)c1. The van der Waals surface area contributed by atoms with Gasteiger partial charge in [-0.15, -0.1) is 0 Å². The number of nitrogens with zero attached hydrogens (tertiary/aromatic N) is 1. The van der Waals surface area contributed by atoms with Crippen molar-refractivity contribution in [2.45, 2.75) is 31.1 Å². The van der Waals surface area contributed by atoms with Gasteiger partial charge in [-0.2, -0.15) is 4.31 Å². The summed E-state index contributed by atoms with van der Waals surface area (Å²) in [6, 6.07) is 10.9. The molecule has 8 nitrogen and oxygen atoms in total. The van der Waals surface area contributed by atoms with Crippen molar-refractivity contribution < 1.29 is 22.7 Å². The van der Waals surface area contributed by atoms with Crippen LogP contribution in [-0.2, 0) is 14.8 Å². The van der Waals surface area contributed by atoms with Crippen LogP contribution in [0.1, 0.15) is 35.2 Å². The number of piperidine rings is 1. The van der Waals surface area contributed by atoms with Crippen molar-refractivity contribution in [2.24, 2.45) is 5.73 Å². The van der Waals surface area contributed by atoms with E-state index in [0.29, 0.717) is 24.5 Å². The molecule has 1 fully saturated rings. The van der Waals surface area contributed by atoms with Gasteiger partial charge in [0.15, 0.2) is 6.61 Å². The van der Waals surface area contributed by atoms with Gasteiger partial charge >= 0.3 is 0 Å². The molecule has 0 atom stereocenters. The van der Waals surface area contributed by atoms with Crippen molar-refractivity contribution in [3.05, 3.63) is 53.6 Å². The van der Waals surface area contributed by atoms with E-state index in [2.05, 4.69) is 5.32 Å². The number of ether oxygens (including phenoxy) is 1. The predicted octanol–water partition coefficient (Wildman–Crippen LogP) is 2.29. The molecule has 0 spiro atoms. The lowest BCUT2D eigenvalue weighted by Gasteiger charge is -2.26. The highest BCUT2D eigenvalue weighted by Crippen LogP contribution is 2.25. The number of carbonyl (C=O) groups excluding carboxylic acids is 2. The van der Waals surface area contributed by atoms with Crippen LogP contribution in [0, 0.1) is 6.92 Å². The van der Waals surface area contributed by atoms with Gasteiger partial charge in [0, 0.05) is 24.3 Å². The number of sulfonamides is 1. The van der Waals surface area contributed by atoms with Crippen LogP contribution in [-0.4, -0.2) is 44.2 Å². The van der Waals surface area contributed by atoms with Gasteiger partial charge in [0.2, 0.25) is 15.9 Å². The molecule has 1 saturated heterocycles. The molecule has 9 heteroatoms. The molecule has 2 aromatic carbocycles. The first-order chi connectivity index (χ1) is 14.3. The maximum Gasteiger partial charge on any atom is 0.262 e. The van der Waals surface area contributed by atoms with E-state index in [4.69, 9.17) is 10.5 Å². The van der Waals surface area contributed by atoms with Gasteiger partial charge in [0.05, 0.1) is 4.90 Å². The first-order valence-corrected chi connectivity index (χ1v) is 11.1. The monoisotopic (exact) mass is 431 g/mol. The van der Waals surface area contributed by atoms with Crippen LogP contribution in [0.3, 0.4) is 0 Å². The van der Waals surface area contributed by atoms with E-state index in [-0.39, 0.29) is 17.1 Å². The second-order valence-corrected chi connectivity index (χ2v) is 9.11. The van der Waals surface area contributed by atoms with Gasteiger partial charge < -0.3 is 15.8 Å². The second-order valence-electron chi connectivity index (χ2n) is 7.17. The third-order valence-corrected chi connectivity index (χ3v) is 6.82. The molecule has 0 aliphatic carbocycles. The minimum Gasteiger partial charge on any atom is -0.484 e. The zero-order valence-electron chi connectivity index (χ0n) is 16.8. The topological polar surface area (TPSA) is 119 Å². The lowest BCUT2D eigenvalue weighted by atomic mass is 10.2. The maximum absolute atomic E-state index is 12.9. The number of amides is 2. The van der Waals surface area contributed by atoms with E-state index >= 15 is 0 Å². The van der Waals surface area contributed by atoms with E-state index in [1.54, 1.807) is 37.3 Å². The number of carbonyl (C=O) groups is 2. The number of nitrogens with two attached hydrogens (primary N) is 1. The summed E-state index contributed by atoms with van der Waals surface area (Å²) in [5.74, 6) is -0.707. The fourth-order valence-electron chi connectivity index (χ4n) is 3.22. The number of aryl methyl sites for hydroxylation is 1. The number of anilines is 1. The Morgan fingerprint density at radius 1 is 1.10 bits per heavy atom. The summed E-state index contributed by atoms with van der Waals surface area (Å²) in [5.41, 5.74) is 6.65. The minimum atomic E-state index is -3.60. The Labute approximate surface area is 176 Å². The van der Waals surface area contributed by atoms with Gasteiger partial charge in [-0.25, -0.2) is 8.42 Å².